The molecule has 6 heteroatoms. The average molecular weight is 411 g/mol. The Morgan fingerprint density at radius 3 is 2.33 bits per heavy atom. The number of piperidine rings is 1. The van der Waals surface area contributed by atoms with Crippen LogP contribution in [0.4, 0.5) is 0 Å². The summed E-state index contributed by atoms with van der Waals surface area (Å²) in [4.78, 5) is 27.0. The van der Waals surface area contributed by atoms with Crippen LogP contribution in [-0.2, 0) is 22.7 Å². The van der Waals surface area contributed by atoms with Crippen molar-refractivity contribution in [3.63, 3.8) is 0 Å². The largest absolute Gasteiger partial charge is 0.352 e. The Morgan fingerprint density at radius 1 is 1.10 bits per heavy atom. The number of amides is 2. The highest BCUT2D eigenvalue weighted by Gasteiger charge is 2.32. The van der Waals surface area contributed by atoms with Crippen LogP contribution in [0.1, 0.15) is 56.1 Å². The number of nitrogens with zero attached hydrogens (tertiary/aromatic N) is 3. The van der Waals surface area contributed by atoms with Gasteiger partial charge < -0.3 is 10.2 Å². The molecule has 30 heavy (non-hydrogen) atoms. The molecule has 0 saturated carbocycles. The number of hydrogen-bond donors (Lipinski definition) is 1. The molecule has 1 aromatic carbocycles. The lowest BCUT2D eigenvalue weighted by Gasteiger charge is -2.35. The van der Waals surface area contributed by atoms with E-state index in [0.717, 1.165) is 36.3 Å². The lowest BCUT2D eigenvalue weighted by Crippen LogP contribution is -2.46. The van der Waals surface area contributed by atoms with Gasteiger partial charge in [-0.1, -0.05) is 51.1 Å². The van der Waals surface area contributed by atoms with Crippen molar-refractivity contribution >= 4 is 11.8 Å². The molecule has 0 radical (unpaired) electrons. The average Bonchev–Trinajstić information content (AvgIpc) is 2.98. The highest BCUT2D eigenvalue weighted by atomic mass is 16.2. The first-order valence-corrected chi connectivity index (χ1v) is 10.8. The molecule has 2 amide bonds. The molecule has 0 bridgehead atoms. The molecule has 1 saturated heterocycles. The van der Waals surface area contributed by atoms with Gasteiger partial charge in [-0.15, -0.1) is 0 Å². The minimum atomic E-state index is -0.371. The SMILES string of the molecule is Cc1nn(Cc2ccccc2)c(C)c1CNC(=O)C1CCN(C(=O)C(C)(C)C)CC1. The first kappa shape index (κ1) is 22.1. The molecule has 2 aromatic rings. The molecule has 1 aliphatic rings. The van der Waals surface area contributed by atoms with E-state index >= 15 is 0 Å². The summed E-state index contributed by atoms with van der Waals surface area (Å²) < 4.78 is 2.00. The maximum atomic E-state index is 12.7. The monoisotopic (exact) mass is 410 g/mol. The van der Waals surface area contributed by atoms with Gasteiger partial charge in [0.15, 0.2) is 0 Å². The van der Waals surface area contributed by atoms with Crippen LogP contribution in [0.25, 0.3) is 0 Å². The van der Waals surface area contributed by atoms with Crippen LogP contribution in [0, 0.1) is 25.2 Å². The summed E-state index contributed by atoms with van der Waals surface area (Å²) in [6, 6.07) is 10.3. The van der Waals surface area contributed by atoms with Crippen LogP contribution >= 0.6 is 0 Å². The van der Waals surface area contributed by atoms with E-state index in [9.17, 15) is 9.59 Å². The van der Waals surface area contributed by atoms with Gasteiger partial charge in [-0.25, -0.2) is 0 Å². The summed E-state index contributed by atoms with van der Waals surface area (Å²) in [5.74, 6) is 0.208. The van der Waals surface area contributed by atoms with Crippen molar-refractivity contribution in [2.45, 2.75) is 60.5 Å². The molecule has 1 N–H and O–H groups in total. The number of aryl methyl sites for hydroxylation is 1. The summed E-state index contributed by atoms with van der Waals surface area (Å²) in [7, 11) is 0. The third kappa shape index (κ3) is 5.10. The predicted molar refractivity (Wildman–Crippen MR) is 118 cm³/mol. The first-order valence-electron chi connectivity index (χ1n) is 10.8. The standard InChI is InChI=1S/C24H34N4O2/c1-17-21(18(2)28(26-17)16-19-9-7-6-8-10-19)15-25-22(29)20-11-13-27(14-12-20)23(30)24(3,4)5/h6-10,20H,11-16H2,1-5H3,(H,25,29). The Labute approximate surface area is 179 Å². The Bertz CT molecular complexity index is 888. The molecule has 0 unspecified atom stereocenters. The van der Waals surface area contributed by atoms with E-state index < -0.39 is 0 Å². The van der Waals surface area contributed by atoms with Crippen molar-refractivity contribution in [2.75, 3.05) is 13.1 Å². The molecule has 6 nitrogen and oxygen atoms in total. The number of likely N-dealkylation sites (tertiary alicyclic amines) is 1. The zero-order chi connectivity index (χ0) is 21.9. The number of hydrogen-bond acceptors (Lipinski definition) is 3. The Kier molecular flexibility index (Phi) is 6.64. The van der Waals surface area contributed by atoms with Gasteiger partial charge in [-0.2, -0.15) is 5.10 Å². The molecular weight excluding hydrogens is 376 g/mol. The van der Waals surface area contributed by atoms with Gasteiger partial charge in [0, 0.05) is 42.2 Å². The van der Waals surface area contributed by atoms with Gasteiger partial charge in [0.2, 0.25) is 11.8 Å². The minimum Gasteiger partial charge on any atom is -0.352 e. The normalized spacial score (nSPS) is 15.3. The molecule has 0 aliphatic carbocycles. The second-order valence-electron chi connectivity index (χ2n) is 9.33. The molecule has 162 valence electrons. The molecule has 2 heterocycles. The van der Waals surface area contributed by atoms with Gasteiger partial charge in [0.05, 0.1) is 12.2 Å². The molecule has 3 rings (SSSR count). The maximum absolute atomic E-state index is 12.7. The number of carbonyl (C=O) groups is 2. The van der Waals surface area contributed by atoms with E-state index in [2.05, 4.69) is 29.5 Å². The van der Waals surface area contributed by atoms with E-state index in [-0.39, 0.29) is 23.1 Å². The van der Waals surface area contributed by atoms with Crippen LogP contribution < -0.4 is 5.32 Å². The third-order valence-corrected chi connectivity index (χ3v) is 5.94. The Balaban J connectivity index is 1.55. The molecule has 1 fully saturated rings. The van der Waals surface area contributed by atoms with Crippen molar-refractivity contribution < 1.29 is 9.59 Å². The van der Waals surface area contributed by atoms with Crippen LogP contribution in [-0.4, -0.2) is 39.6 Å². The Morgan fingerprint density at radius 2 is 1.73 bits per heavy atom. The predicted octanol–water partition coefficient (Wildman–Crippen LogP) is 3.45. The van der Waals surface area contributed by atoms with Crippen LogP contribution in [0.15, 0.2) is 30.3 Å². The van der Waals surface area contributed by atoms with Crippen molar-refractivity contribution in [2.24, 2.45) is 11.3 Å². The number of benzene rings is 1. The maximum Gasteiger partial charge on any atom is 0.227 e. The zero-order valence-electron chi connectivity index (χ0n) is 18.9. The van der Waals surface area contributed by atoms with Crippen molar-refractivity contribution in [3.05, 3.63) is 52.8 Å². The fourth-order valence-electron chi connectivity index (χ4n) is 4.04. The van der Waals surface area contributed by atoms with Gasteiger partial charge in [-0.05, 0) is 32.3 Å². The van der Waals surface area contributed by atoms with E-state index in [4.69, 9.17) is 0 Å². The summed E-state index contributed by atoms with van der Waals surface area (Å²) in [6.07, 6.45) is 1.44. The quantitative estimate of drug-likeness (QED) is 0.821. The van der Waals surface area contributed by atoms with Gasteiger partial charge in [0.25, 0.3) is 0 Å². The topological polar surface area (TPSA) is 67.2 Å². The van der Waals surface area contributed by atoms with Crippen molar-refractivity contribution in [1.29, 1.82) is 0 Å². The van der Waals surface area contributed by atoms with Gasteiger partial charge in [-0.3, -0.25) is 14.3 Å². The summed E-state index contributed by atoms with van der Waals surface area (Å²) in [5.41, 5.74) is 3.95. The van der Waals surface area contributed by atoms with Crippen LogP contribution in [0.5, 0.6) is 0 Å². The Hall–Kier alpha value is -2.63. The van der Waals surface area contributed by atoms with Crippen LogP contribution in [0.2, 0.25) is 0 Å². The van der Waals surface area contributed by atoms with Crippen LogP contribution in [0.3, 0.4) is 0 Å². The first-order chi connectivity index (χ1) is 14.2. The highest BCUT2D eigenvalue weighted by molar-refractivity contribution is 5.82. The van der Waals surface area contributed by atoms with Crippen molar-refractivity contribution in [3.8, 4) is 0 Å². The molecule has 1 aliphatic heterocycles. The van der Waals surface area contributed by atoms with Crippen molar-refractivity contribution in [1.82, 2.24) is 20.0 Å². The lowest BCUT2D eigenvalue weighted by molar-refractivity contribution is -0.142. The fourth-order valence-corrected chi connectivity index (χ4v) is 4.04. The summed E-state index contributed by atoms with van der Waals surface area (Å²) >= 11 is 0. The second-order valence-corrected chi connectivity index (χ2v) is 9.33. The minimum absolute atomic E-state index is 0.0333. The molecule has 0 spiro atoms. The highest BCUT2D eigenvalue weighted by Crippen LogP contribution is 2.24. The molecule has 1 aromatic heterocycles. The zero-order valence-corrected chi connectivity index (χ0v) is 18.9. The molecular formula is C24H34N4O2. The third-order valence-electron chi connectivity index (χ3n) is 5.94. The van der Waals surface area contributed by atoms with Gasteiger partial charge >= 0.3 is 0 Å². The van der Waals surface area contributed by atoms with E-state index in [0.29, 0.717) is 19.6 Å². The van der Waals surface area contributed by atoms with E-state index in [1.54, 1.807) is 0 Å². The summed E-state index contributed by atoms with van der Waals surface area (Å²) in [5, 5.41) is 7.78. The number of rotatable bonds is 5. The lowest BCUT2D eigenvalue weighted by atomic mass is 9.90. The number of nitrogens with one attached hydrogen (secondary N) is 1. The summed E-state index contributed by atoms with van der Waals surface area (Å²) in [6.45, 7) is 12.4. The smallest absolute Gasteiger partial charge is 0.227 e. The van der Waals surface area contributed by atoms with E-state index in [1.165, 1.54) is 5.56 Å². The second kappa shape index (κ2) is 9.02. The van der Waals surface area contributed by atoms with E-state index in [1.807, 2.05) is 55.5 Å². The number of carbonyl (C=O) groups excluding carboxylic acids is 2. The van der Waals surface area contributed by atoms with Gasteiger partial charge in [0.1, 0.15) is 0 Å². The fraction of sp³-hybridized carbons (Fsp3) is 0.542. The molecule has 0 atom stereocenters. The number of aromatic nitrogens is 2.